The van der Waals surface area contributed by atoms with Gasteiger partial charge >= 0.3 is 5.97 Å². The monoisotopic (exact) mass is 540 g/mol. The summed E-state index contributed by atoms with van der Waals surface area (Å²) in [7, 11) is -2.24. The Kier molecular flexibility index (Phi) is 10.7. The zero-order valence-corrected chi connectivity index (χ0v) is 22.7. The second-order valence-corrected chi connectivity index (χ2v) is 11.1. The molecule has 1 atom stereocenters. The molecule has 2 N–H and O–H groups in total. The lowest BCUT2D eigenvalue weighted by atomic mass is 10.1. The molecular formula is C29H36N2O6S. The van der Waals surface area contributed by atoms with Crippen LogP contribution in [0.3, 0.4) is 0 Å². The molecule has 4 rings (SSSR count). The van der Waals surface area contributed by atoms with Crippen molar-refractivity contribution in [3.63, 3.8) is 0 Å². The van der Waals surface area contributed by atoms with Gasteiger partial charge < -0.3 is 19.8 Å². The van der Waals surface area contributed by atoms with Crippen LogP contribution in [-0.2, 0) is 10.0 Å². The van der Waals surface area contributed by atoms with Crippen molar-refractivity contribution in [1.82, 2.24) is 4.90 Å². The second kappa shape index (κ2) is 13.9. The molecule has 1 unspecified atom stereocenters. The highest BCUT2D eigenvalue weighted by Gasteiger charge is 2.28. The minimum Gasteiger partial charge on any atom is -0.497 e. The maximum Gasteiger partial charge on any atom is 0.335 e. The average molecular weight is 541 g/mol. The predicted octanol–water partition coefficient (Wildman–Crippen LogP) is 4.43. The van der Waals surface area contributed by atoms with Crippen LogP contribution in [0.4, 0.5) is 5.69 Å². The molecule has 1 aliphatic rings. The molecule has 9 heteroatoms. The molecule has 1 fully saturated rings. The number of nitrogens with zero attached hydrogens (tertiary/aromatic N) is 2. The summed E-state index contributed by atoms with van der Waals surface area (Å²) in [5.74, 6) is -0.231. The van der Waals surface area contributed by atoms with E-state index < -0.39 is 22.1 Å². The average Bonchev–Trinajstić information content (AvgIpc) is 2.93. The second-order valence-electron chi connectivity index (χ2n) is 9.23. The van der Waals surface area contributed by atoms with E-state index in [1.807, 2.05) is 6.92 Å². The zero-order valence-electron chi connectivity index (χ0n) is 21.9. The van der Waals surface area contributed by atoms with Crippen LogP contribution in [0.5, 0.6) is 5.75 Å². The number of carbonyl (C=O) groups is 1. The number of sulfonamides is 1. The third-order valence-electron chi connectivity index (χ3n) is 6.28. The van der Waals surface area contributed by atoms with Crippen LogP contribution in [0.25, 0.3) is 0 Å². The summed E-state index contributed by atoms with van der Waals surface area (Å²) in [6.07, 6.45) is 2.68. The van der Waals surface area contributed by atoms with Crippen LogP contribution in [-0.4, -0.2) is 68.9 Å². The number of rotatable bonds is 9. The number of carboxylic acids is 1. The fourth-order valence-corrected chi connectivity index (χ4v) is 5.70. The third-order valence-corrected chi connectivity index (χ3v) is 8.09. The van der Waals surface area contributed by atoms with Crippen molar-refractivity contribution in [3.8, 4) is 5.75 Å². The number of aryl methyl sites for hydroxylation is 1. The number of aliphatic hydroxyl groups excluding tert-OH is 1. The number of β-amino-alcohol motifs (C(OH)–C–C–N with tert-alkyl or cyclic N) is 1. The van der Waals surface area contributed by atoms with E-state index in [9.17, 15) is 18.3 Å². The van der Waals surface area contributed by atoms with Gasteiger partial charge in [0.05, 0.1) is 35.9 Å². The fourth-order valence-electron chi connectivity index (χ4n) is 4.20. The summed E-state index contributed by atoms with van der Waals surface area (Å²) in [5.41, 5.74) is 1.83. The molecule has 3 aromatic carbocycles. The number of ether oxygens (including phenoxy) is 1. The number of piperidine rings is 1. The lowest BCUT2D eigenvalue weighted by Crippen LogP contribution is -2.44. The first kappa shape index (κ1) is 29.2. The molecule has 0 aliphatic carbocycles. The van der Waals surface area contributed by atoms with Crippen molar-refractivity contribution in [3.05, 3.63) is 90.0 Å². The Morgan fingerprint density at radius 3 is 2.08 bits per heavy atom. The van der Waals surface area contributed by atoms with Crippen molar-refractivity contribution >= 4 is 21.7 Å². The molecule has 0 radical (unpaired) electrons. The Bertz CT molecular complexity index is 1240. The van der Waals surface area contributed by atoms with E-state index in [1.165, 1.54) is 10.7 Å². The minimum absolute atomic E-state index is 0.000954. The van der Waals surface area contributed by atoms with E-state index in [2.05, 4.69) is 4.90 Å². The molecule has 204 valence electrons. The molecule has 1 aliphatic heterocycles. The molecule has 3 aromatic rings. The van der Waals surface area contributed by atoms with Gasteiger partial charge in [-0.3, -0.25) is 4.31 Å². The van der Waals surface area contributed by atoms with Crippen LogP contribution in [0.15, 0.2) is 83.8 Å². The van der Waals surface area contributed by atoms with E-state index in [0.29, 0.717) is 23.5 Å². The number of hydrogen-bond acceptors (Lipinski definition) is 6. The number of benzene rings is 3. The van der Waals surface area contributed by atoms with Crippen LogP contribution >= 0.6 is 0 Å². The van der Waals surface area contributed by atoms with E-state index in [4.69, 9.17) is 9.84 Å². The smallest absolute Gasteiger partial charge is 0.335 e. The summed E-state index contributed by atoms with van der Waals surface area (Å²) in [6.45, 7) is 4.28. The number of carboxylic acid groups (broad SMARTS) is 1. The van der Waals surface area contributed by atoms with Gasteiger partial charge in [-0.1, -0.05) is 42.3 Å². The topological polar surface area (TPSA) is 107 Å². The molecule has 0 amide bonds. The van der Waals surface area contributed by atoms with Gasteiger partial charge in [0, 0.05) is 6.54 Å². The van der Waals surface area contributed by atoms with Crippen molar-refractivity contribution in [1.29, 1.82) is 0 Å². The predicted molar refractivity (Wildman–Crippen MR) is 148 cm³/mol. The number of likely N-dealkylation sites (tertiary alicyclic amines) is 1. The van der Waals surface area contributed by atoms with Gasteiger partial charge in [-0.05, 0) is 81.4 Å². The number of aromatic carboxylic acids is 1. The summed E-state index contributed by atoms with van der Waals surface area (Å²) >= 11 is 0. The van der Waals surface area contributed by atoms with Gasteiger partial charge in [0.25, 0.3) is 10.0 Å². The Hall–Kier alpha value is -3.40. The maximum absolute atomic E-state index is 13.4. The van der Waals surface area contributed by atoms with Gasteiger partial charge in [-0.25, -0.2) is 13.2 Å². The van der Waals surface area contributed by atoms with Crippen molar-refractivity contribution in [2.45, 2.75) is 37.2 Å². The van der Waals surface area contributed by atoms with Crippen LogP contribution in [0.2, 0.25) is 0 Å². The summed E-state index contributed by atoms with van der Waals surface area (Å²) < 4.78 is 33.3. The van der Waals surface area contributed by atoms with Gasteiger partial charge in [0.2, 0.25) is 0 Å². The first-order valence-electron chi connectivity index (χ1n) is 12.6. The Morgan fingerprint density at radius 1 is 0.947 bits per heavy atom. The fraction of sp³-hybridized carbons (Fsp3) is 0.345. The normalized spacial score (nSPS) is 14.6. The molecule has 1 saturated heterocycles. The number of aliphatic hydroxyl groups is 1. The molecule has 0 spiro atoms. The first-order valence-corrected chi connectivity index (χ1v) is 14.1. The molecule has 1 heterocycles. The highest BCUT2D eigenvalue weighted by Crippen LogP contribution is 2.26. The lowest BCUT2D eigenvalue weighted by Gasteiger charge is -2.31. The third kappa shape index (κ3) is 8.31. The molecule has 0 saturated carbocycles. The van der Waals surface area contributed by atoms with E-state index >= 15 is 0 Å². The number of anilines is 1. The quantitative estimate of drug-likeness (QED) is 0.413. The van der Waals surface area contributed by atoms with Crippen molar-refractivity contribution in [2.75, 3.05) is 37.6 Å². The molecule has 8 nitrogen and oxygen atoms in total. The highest BCUT2D eigenvalue weighted by molar-refractivity contribution is 7.92. The van der Waals surface area contributed by atoms with E-state index in [-0.39, 0.29) is 11.4 Å². The molecule has 0 aromatic heterocycles. The SMILES string of the molecule is COc1ccc(N(CC(O)CN2CCCCC2)S(=O)(=O)c2ccc(C)cc2)cc1.O=C(O)c1ccccc1. The zero-order chi connectivity index (χ0) is 27.5. The van der Waals surface area contributed by atoms with Crippen molar-refractivity contribution in [2.24, 2.45) is 0 Å². The van der Waals surface area contributed by atoms with Crippen LogP contribution < -0.4 is 9.04 Å². The number of methoxy groups -OCH3 is 1. The summed E-state index contributed by atoms with van der Waals surface area (Å²) in [4.78, 5) is 12.6. The maximum atomic E-state index is 13.4. The van der Waals surface area contributed by atoms with Crippen LogP contribution in [0, 0.1) is 6.92 Å². The Morgan fingerprint density at radius 2 is 1.55 bits per heavy atom. The first-order chi connectivity index (χ1) is 18.2. The molecule has 38 heavy (non-hydrogen) atoms. The van der Waals surface area contributed by atoms with Crippen molar-refractivity contribution < 1.29 is 28.2 Å². The summed E-state index contributed by atoms with van der Waals surface area (Å²) in [6, 6.07) is 21.9. The van der Waals surface area contributed by atoms with E-state index in [1.54, 1.807) is 86.0 Å². The van der Waals surface area contributed by atoms with E-state index in [0.717, 1.165) is 31.5 Å². The highest BCUT2D eigenvalue weighted by atomic mass is 32.2. The van der Waals surface area contributed by atoms with Gasteiger partial charge in [-0.2, -0.15) is 0 Å². The van der Waals surface area contributed by atoms with Gasteiger partial charge in [0.15, 0.2) is 0 Å². The van der Waals surface area contributed by atoms with Gasteiger partial charge in [-0.15, -0.1) is 0 Å². The Balaban J connectivity index is 0.000000375. The summed E-state index contributed by atoms with van der Waals surface area (Å²) in [5, 5.41) is 19.1. The van der Waals surface area contributed by atoms with Crippen LogP contribution in [0.1, 0.15) is 35.2 Å². The largest absolute Gasteiger partial charge is 0.497 e. The van der Waals surface area contributed by atoms with Gasteiger partial charge in [0.1, 0.15) is 5.75 Å². The standard InChI is InChI=1S/C22H30N2O4S.C7H6O2/c1-18-6-12-22(13-7-18)29(26,27)24(19-8-10-21(28-2)11-9-19)17-20(25)16-23-14-4-3-5-15-23;8-7(9)6-4-2-1-3-5-6/h6-13,20,25H,3-5,14-17H2,1-2H3;1-5H,(H,8,9). The minimum atomic E-state index is -3.81. The lowest BCUT2D eigenvalue weighted by molar-refractivity contribution is 0.0697. The number of hydrogen-bond donors (Lipinski definition) is 2. The molecule has 0 bridgehead atoms. The molecular weight excluding hydrogens is 504 g/mol. The Labute approximate surface area is 225 Å².